The zero-order valence-electron chi connectivity index (χ0n) is 72.1. The number of para-hydroxylation sites is 1. The number of amides is 3. The third-order valence-electron chi connectivity index (χ3n) is 26.4. The van der Waals surface area contributed by atoms with E-state index in [0.717, 1.165) is 170 Å². The average Bonchev–Trinajstić information content (AvgIpc) is 1.74. The van der Waals surface area contributed by atoms with Gasteiger partial charge >= 0.3 is 12.4 Å². The van der Waals surface area contributed by atoms with Gasteiger partial charge in [-0.25, -0.2) is 0 Å². The summed E-state index contributed by atoms with van der Waals surface area (Å²) in [6.07, 6.45) is 7.80. The number of likely N-dealkylation sites (tertiary alicyclic amines) is 3. The zero-order chi connectivity index (χ0) is 91.0. The second kappa shape index (κ2) is 42.5. The van der Waals surface area contributed by atoms with Crippen LogP contribution < -0.4 is 20.7 Å². The minimum atomic E-state index is -4.62. The summed E-state index contributed by atoms with van der Waals surface area (Å²) < 4.78 is 92.6. The number of nitrogens with zero attached hydrogens (tertiary/aromatic N) is 8. The highest BCUT2D eigenvalue weighted by Gasteiger charge is 2.47. The Kier molecular flexibility index (Phi) is 31.1. The summed E-state index contributed by atoms with van der Waals surface area (Å²) in [5.74, 6) is 0.362. The van der Waals surface area contributed by atoms with Gasteiger partial charge in [-0.3, -0.25) is 29.1 Å². The number of nitrogens with one attached hydrogen (secondary N) is 3. The van der Waals surface area contributed by atoms with Crippen molar-refractivity contribution in [1.29, 1.82) is 15.8 Å². The van der Waals surface area contributed by atoms with E-state index in [9.17, 15) is 56.5 Å². The number of likely N-dealkylation sites (N-methyl/N-ethyl adjacent to an activating group) is 1. The molecule has 129 heavy (non-hydrogen) atoms. The number of methoxy groups -OCH3 is 1. The van der Waals surface area contributed by atoms with E-state index >= 15 is 0 Å². The number of anilines is 3. The average molecular weight is 1830 g/mol. The van der Waals surface area contributed by atoms with E-state index < -0.39 is 50.6 Å². The molecule has 3 aliphatic carbocycles. The number of alkyl halides is 6. The summed E-state index contributed by atoms with van der Waals surface area (Å²) >= 11 is 23.8. The molecule has 3 aliphatic heterocycles. The van der Waals surface area contributed by atoms with Gasteiger partial charge in [0, 0.05) is 108 Å². The van der Waals surface area contributed by atoms with Crippen LogP contribution in [0.4, 0.5) is 43.4 Å². The molecule has 0 radical (unpaired) electrons. The van der Waals surface area contributed by atoms with Crippen molar-refractivity contribution in [2.45, 2.75) is 150 Å². The third kappa shape index (κ3) is 24.0. The number of benzene rings is 10. The molecular weight excluding hydrogens is 1730 g/mol. The molecule has 3 saturated carbocycles. The van der Waals surface area contributed by atoms with Crippen molar-refractivity contribution >= 4 is 81.2 Å². The molecule has 10 aromatic carbocycles. The van der Waals surface area contributed by atoms with Crippen LogP contribution >= 0.6 is 46.4 Å². The van der Waals surface area contributed by atoms with Gasteiger partial charge in [-0.05, 0) is 237 Å². The first-order valence-corrected chi connectivity index (χ1v) is 45.5. The molecule has 6 aliphatic rings. The monoisotopic (exact) mass is 1830 g/mol. The highest BCUT2D eigenvalue weighted by Crippen LogP contribution is 2.48. The summed E-state index contributed by atoms with van der Waals surface area (Å²) in [7, 11) is 3.61. The minimum Gasteiger partial charge on any atom is -0.496 e. The molecule has 10 aromatic rings. The van der Waals surface area contributed by atoms with E-state index in [0.29, 0.717) is 63.3 Å². The molecule has 6 fully saturated rings. The number of hydrogen-bond donors (Lipinski definition) is 3. The summed E-state index contributed by atoms with van der Waals surface area (Å²) in [4.78, 5) is 51.6. The molecule has 16 rings (SSSR count). The van der Waals surface area contributed by atoms with Crippen LogP contribution in [-0.4, -0.2) is 134 Å². The first-order chi connectivity index (χ1) is 62.1. The third-order valence-corrected chi connectivity index (χ3v) is 27.5. The van der Waals surface area contributed by atoms with E-state index in [1.165, 1.54) is 69.6 Å². The molecule has 3 saturated heterocycles. The summed E-state index contributed by atoms with van der Waals surface area (Å²) in [5.41, 5.74) is 9.40. The molecule has 16 nitrogen and oxygen atoms in total. The Morgan fingerprint density at radius 1 is 0.450 bits per heavy atom. The lowest BCUT2D eigenvalue weighted by Crippen LogP contribution is -2.56. The molecule has 26 heteroatoms. The Morgan fingerprint density at radius 2 is 0.868 bits per heavy atom. The van der Waals surface area contributed by atoms with Crippen molar-refractivity contribution in [2.24, 2.45) is 5.92 Å². The van der Waals surface area contributed by atoms with E-state index in [4.69, 9.17) is 55.9 Å². The minimum absolute atomic E-state index is 0.0133. The van der Waals surface area contributed by atoms with Gasteiger partial charge in [0.15, 0.2) is 0 Å². The van der Waals surface area contributed by atoms with Gasteiger partial charge in [0.25, 0.3) is 0 Å². The molecule has 0 unspecified atom stereocenters. The van der Waals surface area contributed by atoms with Crippen molar-refractivity contribution in [2.75, 3.05) is 95.6 Å². The Balaban J connectivity index is 0.000000156. The molecule has 0 aromatic heterocycles. The maximum Gasteiger partial charge on any atom is 0.417 e. The number of halogens is 10. The van der Waals surface area contributed by atoms with Crippen LogP contribution in [0.5, 0.6) is 5.75 Å². The van der Waals surface area contributed by atoms with Crippen molar-refractivity contribution in [3.8, 4) is 57.3 Å². The fraction of sp³-hybridized carbons (Fsp3) is 0.359. The maximum atomic E-state index is 13.6. The van der Waals surface area contributed by atoms with Crippen molar-refractivity contribution in [3.05, 3.63) is 295 Å². The standard InChI is InChI=1S/C36H38ClF3N4O.C34H31Cl2N3O3.C33H34ClF3N4O/c37-33-15-14-30(21-32(33)36(38,39)40)42-34(45)24-44(23-25-8-9-25)35(16-18-43(19-17-35)31-6-1-2-7-31)29-12-10-27(11-13-29)28-5-3-4-26(20-28)22-41;1-41-32-8-3-2-6-27(32)22-39-15-13-34(14-16-39,42-23-33(40)38-31-19-29(35)18-30(36)20-31)28-11-9-25(10-12-28)26-7-4-5-24(17-26)21-37;1-40(22-31(42)39-27-13-14-30(34)29(20-27)33(35,36)37)32(15-17-41(18-16-32)28-7-2-3-8-28)26-11-9-24(10-12-26)25-6-4-5-23(19-25)21-38/h3-5,10-15,20-21,25,31H,1-2,6-9,16-19,23-24H2,(H,42,45);2-12,17-20H,13-16,22-23H2,1H3,(H,38,40);4-6,9-14,19-20,28H,2-3,7-8,15-18,22H2,1H3,(H,39,42). The fourth-order valence-electron chi connectivity index (χ4n) is 19.2. The molecular formula is C103H103Cl4F6N11O5. The normalized spacial score (nSPS) is 17.2. The summed E-state index contributed by atoms with van der Waals surface area (Å²) in [6, 6.07) is 75.3. The van der Waals surface area contributed by atoms with E-state index in [1.807, 2.05) is 96.9 Å². The smallest absolute Gasteiger partial charge is 0.417 e. The van der Waals surface area contributed by atoms with Crippen LogP contribution in [0, 0.1) is 39.9 Å². The highest BCUT2D eigenvalue weighted by atomic mass is 35.5. The summed E-state index contributed by atoms with van der Waals surface area (Å²) in [5, 5.41) is 36.3. The lowest BCUT2D eigenvalue weighted by Gasteiger charge is -2.50. The van der Waals surface area contributed by atoms with Crippen molar-refractivity contribution in [3.63, 3.8) is 0 Å². The Morgan fingerprint density at radius 3 is 1.30 bits per heavy atom. The van der Waals surface area contributed by atoms with Gasteiger partial charge in [0.2, 0.25) is 17.7 Å². The number of piperidine rings is 3. The first-order valence-electron chi connectivity index (χ1n) is 44.0. The van der Waals surface area contributed by atoms with Crippen LogP contribution in [-0.2, 0) is 54.7 Å². The molecule has 0 spiro atoms. The van der Waals surface area contributed by atoms with E-state index in [-0.39, 0.29) is 48.4 Å². The van der Waals surface area contributed by atoms with Gasteiger partial charge < -0.3 is 35.2 Å². The fourth-order valence-corrected chi connectivity index (χ4v) is 20.2. The SMILES string of the molecule is CN(CC(=O)Nc1ccc(Cl)c(C(F)(F)F)c1)C1(c2ccc(-c3cccc(C#N)c3)cc2)CCN(C2CCCC2)CC1.COc1ccccc1CN1CCC(OCC(=O)Nc2cc(Cl)cc(Cl)c2)(c2ccc(-c3cccc(C#N)c3)cc2)CC1.N#Cc1cccc(-c2ccc(C3(N(CC(=O)Nc4ccc(Cl)c(C(F)(F)F)c4)CC4CC4)CCN(C4CCCC4)CC3)cc2)c1. The van der Waals surface area contributed by atoms with Crippen molar-refractivity contribution < 1.29 is 50.2 Å². The van der Waals surface area contributed by atoms with E-state index in [2.05, 4.69) is 120 Å². The molecule has 3 N–H and O–H groups in total. The lowest BCUT2D eigenvalue weighted by atomic mass is 9.78. The predicted molar refractivity (Wildman–Crippen MR) is 497 cm³/mol. The predicted octanol–water partition coefficient (Wildman–Crippen LogP) is 23.9. The molecule has 3 amide bonds. The second-order valence-corrected chi connectivity index (χ2v) is 36.2. The number of carbonyl (C=O) groups is 3. The molecule has 0 bridgehead atoms. The lowest BCUT2D eigenvalue weighted by molar-refractivity contribution is -0.138. The molecule has 3 heterocycles. The topological polar surface area (TPSA) is 193 Å². The number of carbonyl (C=O) groups excluding carboxylic acids is 3. The van der Waals surface area contributed by atoms with Crippen LogP contribution in [0.3, 0.4) is 0 Å². The first kappa shape index (κ1) is 94.5. The summed E-state index contributed by atoms with van der Waals surface area (Å²) in [6.45, 7) is 6.77. The highest BCUT2D eigenvalue weighted by molar-refractivity contribution is 6.35. The largest absolute Gasteiger partial charge is 0.496 e. The maximum absolute atomic E-state index is 13.6. The van der Waals surface area contributed by atoms with Gasteiger partial charge in [-0.2, -0.15) is 42.1 Å². The molecule has 0 atom stereocenters. The van der Waals surface area contributed by atoms with Crippen molar-refractivity contribution in [1.82, 2.24) is 24.5 Å². The Hall–Kier alpha value is -10.6. The number of hydrogen-bond acceptors (Lipinski definition) is 13. The molecule has 670 valence electrons. The Bertz CT molecular complexity index is 5680. The van der Waals surface area contributed by atoms with Crippen LogP contribution in [0.2, 0.25) is 20.1 Å². The number of rotatable bonds is 25. The quantitative estimate of drug-likeness (QED) is 0.0458. The van der Waals surface area contributed by atoms with Gasteiger partial charge in [-0.15, -0.1) is 0 Å². The Labute approximate surface area is 770 Å². The second-order valence-electron chi connectivity index (χ2n) is 34.6. The van der Waals surface area contributed by atoms with Gasteiger partial charge in [-0.1, -0.05) is 199 Å². The van der Waals surface area contributed by atoms with Crippen LogP contribution in [0.25, 0.3) is 33.4 Å². The number of ether oxygens (including phenoxy) is 2. The van der Waals surface area contributed by atoms with Crippen LogP contribution in [0.15, 0.2) is 224 Å². The van der Waals surface area contributed by atoms with Gasteiger partial charge in [0.1, 0.15) is 12.4 Å². The van der Waals surface area contributed by atoms with Crippen LogP contribution in [0.1, 0.15) is 153 Å². The zero-order valence-corrected chi connectivity index (χ0v) is 75.1. The van der Waals surface area contributed by atoms with Gasteiger partial charge in [0.05, 0.1) is 81.9 Å². The number of nitriles is 3. The van der Waals surface area contributed by atoms with E-state index in [1.54, 1.807) is 43.5 Å².